The van der Waals surface area contributed by atoms with Crippen molar-refractivity contribution in [2.75, 3.05) is 20.2 Å². The summed E-state index contributed by atoms with van der Waals surface area (Å²) >= 11 is 0. The lowest BCUT2D eigenvalue weighted by atomic mass is 9.78. The normalized spacial score (nSPS) is 30.4. The first kappa shape index (κ1) is 13.9. The molecule has 1 N–H and O–H groups in total. The van der Waals surface area contributed by atoms with Gasteiger partial charge in [0.1, 0.15) is 5.75 Å². The predicted molar refractivity (Wildman–Crippen MR) is 83.6 cm³/mol. The highest BCUT2D eigenvalue weighted by Gasteiger charge is 2.24. The molecule has 2 nitrogen and oxygen atoms in total. The highest BCUT2D eigenvalue weighted by molar-refractivity contribution is 5.41. The van der Waals surface area contributed by atoms with Crippen LogP contribution in [-0.2, 0) is 0 Å². The molecule has 0 bridgehead atoms. The molecular weight excluding hydrogens is 246 g/mol. The molecular formula is C18H27NO. The van der Waals surface area contributed by atoms with Gasteiger partial charge in [0, 0.05) is 6.54 Å². The maximum absolute atomic E-state index is 5.63. The Kier molecular flexibility index (Phi) is 4.30. The van der Waals surface area contributed by atoms with Gasteiger partial charge in [-0.3, -0.25) is 0 Å². The van der Waals surface area contributed by atoms with Crippen LogP contribution in [0.5, 0.6) is 5.75 Å². The smallest absolute Gasteiger partial charge is 0.122 e. The van der Waals surface area contributed by atoms with Gasteiger partial charge in [0.25, 0.3) is 0 Å². The van der Waals surface area contributed by atoms with Gasteiger partial charge in [0.05, 0.1) is 7.11 Å². The zero-order valence-electron chi connectivity index (χ0n) is 12.8. The number of methoxy groups -OCH3 is 1. The van der Waals surface area contributed by atoms with Gasteiger partial charge < -0.3 is 10.1 Å². The van der Waals surface area contributed by atoms with Crippen LogP contribution < -0.4 is 10.1 Å². The summed E-state index contributed by atoms with van der Waals surface area (Å²) in [5.74, 6) is 3.40. The lowest BCUT2D eigenvalue weighted by molar-refractivity contribution is 0.336. The largest absolute Gasteiger partial charge is 0.496 e. The van der Waals surface area contributed by atoms with E-state index in [1.807, 2.05) is 0 Å². The summed E-state index contributed by atoms with van der Waals surface area (Å²) in [6, 6.07) is 6.91. The molecule has 0 radical (unpaired) electrons. The average Bonchev–Trinajstić information content (AvgIpc) is 3.02. The van der Waals surface area contributed by atoms with Crippen LogP contribution in [0.3, 0.4) is 0 Å². The minimum Gasteiger partial charge on any atom is -0.496 e. The zero-order valence-corrected chi connectivity index (χ0v) is 12.8. The van der Waals surface area contributed by atoms with Gasteiger partial charge in [-0.25, -0.2) is 0 Å². The molecule has 1 heterocycles. The number of hydrogen-bond acceptors (Lipinski definition) is 2. The van der Waals surface area contributed by atoms with Crippen LogP contribution in [0.1, 0.15) is 62.0 Å². The fourth-order valence-electron chi connectivity index (χ4n) is 3.84. The standard InChI is InChI=1S/C18H27NO/c1-13-3-5-14(6-4-13)17-11-15(7-8-18(17)20-2)16-9-10-19-12-16/h7-8,11,13-14,16,19H,3-6,9-10,12H2,1-2H3. The molecule has 1 aromatic rings. The highest BCUT2D eigenvalue weighted by Crippen LogP contribution is 2.40. The summed E-state index contributed by atoms with van der Waals surface area (Å²) in [4.78, 5) is 0. The van der Waals surface area contributed by atoms with Gasteiger partial charge in [-0.2, -0.15) is 0 Å². The van der Waals surface area contributed by atoms with Crippen LogP contribution in [0.2, 0.25) is 0 Å². The van der Waals surface area contributed by atoms with Crippen molar-refractivity contribution >= 4 is 0 Å². The second-order valence-corrected chi connectivity index (χ2v) is 6.65. The minimum atomic E-state index is 0.696. The van der Waals surface area contributed by atoms with E-state index >= 15 is 0 Å². The van der Waals surface area contributed by atoms with Crippen molar-refractivity contribution in [1.29, 1.82) is 0 Å². The monoisotopic (exact) mass is 273 g/mol. The molecule has 1 saturated heterocycles. The Morgan fingerprint density at radius 3 is 2.50 bits per heavy atom. The Labute approximate surface area is 122 Å². The van der Waals surface area contributed by atoms with Crippen molar-refractivity contribution in [2.24, 2.45) is 5.92 Å². The molecule has 20 heavy (non-hydrogen) atoms. The predicted octanol–water partition coefficient (Wildman–Crippen LogP) is 4.07. The summed E-state index contributed by atoms with van der Waals surface area (Å²) in [6.07, 6.45) is 6.65. The second kappa shape index (κ2) is 6.17. The van der Waals surface area contributed by atoms with Crippen molar-refractivity contribution in [2.45, 2.75) is 50.9 Å². The molecule has 2 aliphatic rings. The Morgan fingerprint density at radius 2 is 1.85 bits per heavy atom. The minimum absolute atomic E-state index is 0.696. The van der Waals surface area contributed by atoms with Gasteiger partial charge in [-0.05, 0) is 60.8 Å². The van der Waals surface area contributed by atoms with Crippen molar-refractivity contribution in [3.63, 3.8) is 0 Å². The van der Waals surface area contributed by atoms with E-state index in [-0.39, 0.29) is 0 Å². The first-order chi connectivity index (χ1) is 9.78. The third kappa shape index (κ3) is 2.85. The van der Waals surface area contributed by atoms with Crippen molar-refractivity contribution in [3.05, 3.63) is 29.3 Å². The van der Waals surface area contributed by atoms with E-state index in [0.717, 1.165) is 24.8 Å². The van der Waals surface area contributed by atoms with Gasteiger partial charge in [0.2, 0.25) is 0 Å². The number of hydrogen-bond donors (Lipinski definition) is 1. The SMILES string of the molecule is COc1ccc(C2CCNC2)cc1C1CCC(C)CC1. The fraction of sp³-hybridized carbons (Fsp3) is 0.667. The lowest BCUT2D eigenvalue weighted by Gasteiger charge is -2.28. The summed E-state index contributed by atoms with van der Waals surface area (Å²) < 4.78 is 5.63. The maximum Gasteiger partial charge on any atom is 0.122 e. The van der Waals surface area contributed by atoms with Crippen molar-refractivity contribution in [1.82, 2.24) is 5.32 Å². The fourth-order valence-corrected chi connectivity index (χ4v) is 3.84. The molecule has 3 rings (SSSR count). The molecule has 1 aliphatic heterocycles. The Balaban J connectivity index is 1.84. The van der Waals surface area contributed by atoms with E-state index in [1.54, 1.807) is 7.11 Å². The molecule has 2 heteroatoms. The van der Waals surface area contributed by atoms with E-state index < -0.39 is 0 Å². The van der Waals surface area contributed by atoms with Crippen LogP contribution in [0.25, 0.3) is 0 Å². The first-order valence-electron chi connectivity index (χ1n) is 8.16. The molecule has 1 saturated carbocycles. The van der Waals surface area contributed by atoms with E-state index in [1.165, 1.54) is 43.2 Å². The molecule has 0 spiro atoms. The number of benzene rings is 1. The molecule has 1 unspecified atom stereocenters. The molecule has 2 fully saturated rings. The van der Waals surface area contributed by atoms with Crippen LogP contribution in [0.4, 0.5) is 0 Å². The molecule has 0 aromatic heterocycles. The van der Waals surface area contributed by atoms with E-state index in [9.17, 15) is 0 Å². The van der Waals surface area contributed by atoms with E-state index in [2.05, 4.69) is 30.4 Å². The Morgan fingerprint density at radius 1 is 1.05 bits per heavy atom. The molecule has 1 atom stereocenters. The zero-order chi connectivity index (χ0) is 13.9. The van der Waals surface area contributed by atoms with E-state index in [0.29, 0.717) is 11.8 Å². The number of rotatable bonds is 3. The van der Waals surface area contributed by atoms with E-state index in [4.69, 9.17) is 4.74 Å². The topological polar surface area (TPSA) is 21.3 Å². The van der Waals surface area contributed by atoms with Crippen LogP contribution in [0, 0.1) is 5.92 Å². The van der Waals surface area contributed by atoms with Crippen LogP contribution in [0.15, 0.2) is 18.2 Å². The third-order valence-corrected chi connectivity index (χ3v) is 5.24. The summed E-state index contributed by atoms with van der Waals surface area (Å²) in [5, 5.41) is 3.47. The number of nitrogens with one attached hydrogen (secondary N) is 1. The van der Waals surface area contributed by atoms with Crippen LogP contribution in [-0.4, -0.2) is 20.2 Å². The average molecular weight is 273 g/mol. The highest BCUT2D eigenvalue weighted by atomic mass is 16.5. The third-order valence-electron chi connectivity index (χ3n) is 5.24. The second-order valence-electron chi connectivity index (χ2n) is 6.65. The molecule has 1 aliphatic carbocycles. The van der Waals surface area contributed by atoms with Gasteiger partial charge in [-0.15, -0.1) is 0 Å². The van der Waals surface area contributed by atoms with Crippen molar-refractivity contribution in [3.8, 4) is 5.75 Å². The Hall–Kier alpha value is -1.02. The summed E-state index contributed by atoms with van der Waals surface area (Å²) in [7, 11) is 1.81. The van der Waals surface area contributed by atoms with Gasteiger partial charge >= 0.3 is 0 Å². The van der Waals surface area contributed by atoms with Crippen LogP contribution >= 0.6 is 0 Å². The Bertz CT molecular complexity index is 443. The van der Waals surface area contributed by atoms with Gasteiger partial charge in [-0.1, -0.05) is 31.9 Å². The molecule has 110 valence electrons. The maximum atomic E-state index is 5.63. The molecule has 1 aromatic carbocycles. The lowest BCUT2D eigenvalue weighted by Crippen LogP contribution is -2.13. The first-order valence-corrected chi connectivity index (χ1v) is 8.16. The quantitative estimate of drug-likeness (QED) is 0.896. The summed E-state index contributed by atoms with van der Waals surface area (Å²) in [6.45, 7) is 4.68. The number of ether oxygens (including phenoxy) is 1. The van der Waals surface area contributed by atoms with Crippen molar-refractivity contribution < 1.29 is 4.74 Å². The van der Waals surface area contributed by atoms with Gasteiger partial charge in [0.15, 0.2) is 0 Å². The summed E-state index contributed by atoms with van der Waals surface area (Å²) in [5.41, 5.74) is 2.97. The molecule has 0 amide bonds.